The maximum absolute atomic E-state index is 5.72. The van der Waals surface area contributed by atoms with Crippen molar-refractivity contribution in [1.82, 2.24) is 9.97 Å². The Morgan fingerprint density at radius 2 is 1.93 bits per heavy atom. The van der Waals surface area contributed by atoms with Crippen molar-refractivity contribution in [3.63, 3.8) is 0 Å². The molecule has 0 aliphatic rings. The van der Waals surface area contributed by atoms with Gasteiger partial charge in [0.2, 0.25) is 5.95 Å². The topological polar surface area (TPSA) is 29.0 Å². The second-order valence-corrected chi connectivity index (χ2v) is 3.61. The Morgan fingerprint density at radius 1 is 1.29 bits per heavy atom. The van der Waals surface area contributed by atoms with Gasteiger partial charge in [0.05, 0.1) is 0 Å². The van der Waals surface area contributed by atoms with Crippen molar-refractivity contribution in [2.24, 2.45) is 0 Å². The zero-order valence-electron chi connectivity index (χ0n) is 8.70. The van der Waals surface area contributed by atoms with Crippen LogP contribution in [-0.4, -0.2) is 28.9 Å². The Labute approximate surface area is 90.1 Å². The van der Waals surface area contributed by atoms with E-state index in [4.69, 9.17) is 11.6 Å². The van der Waals surface area contributed by atoms with Crippen molar-refractivity contribution in [2.45, 2.75) is 20.3 Å². The fraction of sp³-hybridized carbons (Fsp3) is 0.600. The molecular weight excluding hydrogens is 198 g/mol. The summed E-state index contributed by atoms with van der Waals surface area (Å²) in [4.78, 5) is 10.6. The molecule has 0 bridgehead atoms. The summed E-state index contributed by atoms with van der Waals surface area (Å²) in [6.45, 7) is 5.87. The molecule has 0 spiro atoms. The van der Waals surface area contributed by atoms with Gasteiger partial charge in [-0.2, -0.15) is 0 Å². The molecule has 1 aromatic rings. The molecule has 0 N–H and O–H groups in total. The van der Waals surface area contributed by atoms with Gasteiger partial charge in [-0.05, 0) is 18.9 Å². The summed E-state index contributed by atoms with van der Waals surface area (Å²) in [5, 5.41) is 0. The third kappa shape index (κ3) is 3.14. The molecule has 78 valence electrons. The van der Waals surface area contributed by atoms with E-state index in [1.165, 1.54) is 0 Å². The monoisotopic (exact) mass is 213 g/mol. The normalized spacial score (nSPS) is 10.2. The highest BCUT2D eigenvalue weighted by Crippen LogP contribution is 2.07. The summed E-state index contributed by atoms with van der Waals surface area (Å²) in [7, 11) is 0. The van der Waals surface area contributed by atoms with E-state index in [1.807, 2.05) is 19.3 Å². The summed E-state index contributed by atoms with van der Waals surface area (Å²) in [5.41, 5.74) is 1.08. The minimum atomic E-state index is 0.608. The third-order valence-corrected chi connectivity index (χ3v) is 2.07. The van der Waals surface area contributed by atoms with Gasteiger partial charge in [-0.1, -0.05) is 6.92 Å². The molecule has 3 nitrogen and oxygen atoms in total. The lowest BCUT2D eigenvalue weighted by atomic mass is 10.4. The lowest BCUT2D eigenvalue weighted by Gasteiger charge is -2.20. The predicted molar refractivity (Wildman–Crippen MR) is 60.0 cm³/mol. The molecule has 0 radical (unpaired) electrons. The van der Waals surface area contributed by atoms with Crippen LogP contribution < -0.4 is 4.90 Å². The predicted octanol–water partition coefficient (Wildman–Crippen LogP) is 2.24. The fourth-order valence-electron chi connectivity index (χ4n) is 1.23. The second kappa shape index (κ2) is 5.81. The van der Waals surface area contributed by atoms with Crippen molar-refractivity contribution in [3.05, 3.63) is 18.0 Å². The van der Waals surface area contributed by atoms with Gasteiger partial charge in [0.15, 0.2) is 0 Å². The number of rotatable bonds is 5. The van der Waals surface area contributed by atoms with E-state index in [2.05, 4.69) is 21.8 Å². The first-order valence-corrected chi connectivity index (χ1v) is 5.41. The van der Waals surface area contributed by atoms with E-state index in [0.29, 0.717) is 5.88 Å². The van der Waals surface area contributed by atoms with Crippen molar-refractivity contribution in [3.8, 4) is 0 Å². The van der Waals surface area contributed by atoms with Gasteiger partial charge in [-0.15, -0.1) is 11.6 Å². The molecule has 0 saturated heterocycles. The molecule has 14 heavy (non-hydrogen) atoms. The smallest absolute Gasteiger partial charge is 0.225 e. The second-order valence-electron chi connectivity index (χ2n) is 3.24. The number of nitrogens with zero attached hydrogens (tertiary/aromatic N) is 3. The molecule has 0 aliphatic carbocycles. The first kappa shape index (κ1) is 11.2. The molecular formula is C10H16ClN3. The molecule has 0 aliphatic heterocycles. The summed E-state index contributed by atoms with van der Waals surface area (Å²) in [5.74, 6) is 1.38. The van der Waals surface area contributed by atoms with Gasteiger partial charge >= 0.3 is 0 Å². The van der Waals surface area contributed by atoms with E-state index < -0.39 is 0 Å². The van der Waals surface area contributed by atoms with Gasteiger partial charge in [-0.3, -0.25) is 0 Å². The van der Waals surface area contributed by atoms with E-state index in [0.717, 1.165) is 31.0 Å². The summed E-state index contributed by atoms with van der Waals surface area (Å²) in [6.07, 6.45) is 4.74. The average molecular weight is 214 g/mol. The maximum Gasteiger partial charge on any atom is 0.225 e. The van der Waals surface area contributed by atoms with Crippen molar-refractivity contribution in [1.29, 1.82) is 0 Å². The largest absolute Gasteiger partial charge is 0.340 e. The number of anilines is 1. The SMILES string of the molecule is CCCN(CCCl)c1ncc(C)cn1. The Hall–Kier alpha value is -0.830. The summed E-state index contributed by atoms with van der Waals surface area (Å²) in [6, 6.07) is 0. The third-order valence-electron chi connectivity index (χ3n) is 1.90. The molecule has 0 atom stereocenters. The van der Waals surface area contributed by atoms with Crippen LogP contribution in [0.5, 0.6) is 0 Å². The highest BCUT2D eigenvalue weighted by molar-refractivity contribution is 6.18. The van der Waals surface area contributed by atoms with Crippen molar-refractivity contribution < 1.29 is 0 Å². The van der Waals surface area contributed by atoms with Crippen LogP contribution >= 0.6 is 11.6 Å². The van der Waals surface area contributed by atoms with Crippen LogP contribution in [0.3, 0.4) is 0 Å². The van der Waals surface area contributed by atoms with Crippen LogP contribution in [0.15, 0.2) is 12.4 Å². The molecule has 1 rings (SSSR count). The molecule has 1 aromatic heterocycles. The molecule has 0 aromatic carbocycles. The van der Waals surface area contributed by atoms with Crippen LogP contribution in [0.1, 0.15) is 18.9 Å². The van der Waals surface area contributed by atoms with Crippen LogP contribution in [-0.2, 0) is 0 Å². The van der Waals surface area contributed by atoms with E-state index in [9.17, 15) is 0 Å². The van der Waals surface area contributed by atoms with Crippen molar-refractivity contribution in [2.75, 3.05) is 23.9 Å². The van der Waals surface area contributed by atoms with E-state index >= 15 is 0 Å². The highest BCUT2D eigenvalue weighted by Gasteiger charge is 2.06. The number of aryl methyl sites for hydroxylation is 1. The Balaban J connectivity index is 2.71. The van der Waals surface area contributed by atoms with Crippen molar-refractivity contribution >= 4 is 17.5 Å². The quantitative estimate of drug-likeness (QED) is 0.703. The minimum Gasteiger partial charge on any atom is -0.340 e. The first-order valence-electron chi connectivity index (χ1n) is 4.87. The van der Waals surface area contributed by atoms with Crippen LogP contribution in [0, 0.1) is 6.92 Å². The van der Waals surface area contributed by atoms with Crippen LogP contribution in [0.4, 0.5) is 5.95 Å². The molecule has 0 amide bonds. The lowest BCUT2D eigenvalue weighted by Crippen LogP contribution is -2.28. The number of alkyl halides is 1. The Morgan fingerprint density at radius 3 is 2.43 bits per heavy atom. The Bertz CT molecular complexity index is 255. The minimum absolute atomic E-state index is 0.608. The molecule has 1 heterocycles. The summed E-state index contributed by atoms with van der Waals surface area (Å²) < 4.78 is 0. The van der Waals surface area contributed by atoms with Gasteiger partial charge in [0, 0.05) is 31.4 Å². The first-order chi connectivity index (χ1) is 6.77. The number of hydrogen-bond acceptors (Lipinski definition) is 3. The van der Waals surface area contributed by atoms with E-state index in [1.54, 1.807) is 0 Å². The number of halogens is 1. The number of aromatic nitrogens is 2. The van der Waals surface area contributed by atoms with Gasteiger partial charge < -0.3 is 4.90 Å². The van der Waals surface area contributed by atoms with Gasteiger partial charge in [0.25, 0.3) is 0 Å². The lowest BCUT2D eigenvalue weighted by molar-refractivity contribution is 0.763. The van der Waals surface area contributed by atoms with Gasteiger partial charge in [-0.25, -0.2) is 9.97 Å². The van der Waals surface area contributed by atoms with Crippen LogP contribution in [0.25, 0.3) is 0 Å². The Kier molecular flexibility index (Phi) is 4.66. The molecule has 0 saturated carbocycles. The summed E-state index contributed by atoms with van der Waals surface area (Å²) >= 11 is 5.72. The maximum atomic E-state index is 5.72. The highest BCUT2D eigenvalue weighted by atomic mass is 35.5. The molecule has 0 fully saturated rings. The zero-order valence-corrected chi connectivity index (χ0v) is 9.46. The standard InChI is InChI=1S/C10H16ClN3/c1-3-5-14(6-4-11)10-12-7-9(2)8-13-10/h7-8H,3-6H2,1-2H3. The molecule has 0 unspecified atom stereocenters. The van der Waals surface area contributed by atoms with Crippen LogP contribution in [0.2, 0.25) is 0 Å². The fourth-order valence-corrected chi connectivity index (χ4v) is 1.44. The molecule has 4 heteroatoms. The average Bonchev–Trinajstić information content (AvgIpc) is 2.19. The van der Waals surface area contributed by atoms with E-state index in [-0.39, 0.29) is 0 Å². The number of hydrogen-bond donors (Lipinski definition) is 0. The zero-order chi connectivity index (χ0) is 10.4. The van der Waals surface area contributed by atoms with Gasteiger partial charge in [0.1, 0.15) is 0 Å².